The molecular weight excluding hydrogens is 272 g/mol. The Hall–Kier alpha value is -1.30. The molecule has 0 aliphatic heterocycles. The van der Waals surface area contributed by atoms with Crippen molar-refractivity contribution in [3.63, 3.8) is 0 Å². The number of esters is 1. The molecule has 6 nitrogen and oxygen atoms in total. The molecule has 0 rings (SSSR count). The van der Waals surface area contributed by atoms with Gasteiger partial charge in [0.1, 0.15) is 11.6 Å². The van der Waals surface area contributed by atoms with E-state index in [4.69, 9.17) is 4.74 Å². The van der Waals surface area contributed by atoms with Crippen molar-refractivity contribution in [2.75, 3.05) is 20.2 Å². The van der Waals surface area contributed by atoms with Crippen LogP contribution in [0.3, 0.4) is 0 Å². The summed E-state index contributed by atoms with van der Waals surface area (Å²) >= 11 is 0. The molecule has 6 heteroatoms. The maximum absolute atomic E-state index is 12.3. The highest BCUT2D eigenvalue weighted by Gasteiger charge is 2.30. The number of amides is 1. The molecule has 1 unspecified atom stereocenters. The van der Waals surface area contributed by atoms with E-state index in [2.05, 4.69) is 10.1 Å². The third-order valence-electron chi connectivity index (χ3n) is 2.76. The van der Waals surface area contributed by atoms with Crippen LogP contribution >= 0.6 is 0 Å². The van der Waals surface area contributed by atoms with Gasteiger partial charge in [-0.15, -0.1) is 0 Å². The fourth-order valence-corrected chi connectivity index (χ4v) is 1.67. The second-order valence-electron chi connectivity index (χ2n) is 7.00. The van der Waals surface area contributed by atoms with E-state index in [1.165, 1.54) is 7.11 Å². The predicted molar refractivity (Wildman–Crippen MR) is 82.2 cm³/mol. The lowest BCUT2D eigenvalue weighted by molar-refractivity contribution is -0.142. The molecule has 0 heterocycles. The highest BCUT2D eigenvalue weighted by molar-refractivity contribution is 5.75. The van der Waals surface area contributed by atoms with Crippen LogP contribution in [-0.2, 0) is 14.3 Å². The van der Waals surface area contributed by atoms with Gasteiger partial charge in [-0.05, 0) is 48.5 Å². The van der Waals surface area contributed by atoms with Crippen molar-refractivity contribution in [1.29, 1.82) is 0 Å². The SMILES string of the molecule is COC(=O)C(C)NCCN(C(=O)OC(C)(C)C)C(C)(C)C. The number of methoxy groups -OCH3 is 1. The molecular formula is C15H30N2O4. The minimum Gasteiger partial charge on any atom is -0.468 e. The third kappa shape index (κ3) is 7.90. The van der Waals surface area contributed by atoms with E-state index in [9.17, 15) is 9.59 Å². The van der Waals surface area contributed by atoms with Crippen molar-refractivity contribution in [3.8, 4) is 0 Å². The van der Waals surface area contributed by atoms with Crippen LogP contribution in [0.1, 0.15) is 48.5 Å². The number of ether oxygens (including phenoxy) is 2. The van der Waals surface area contributed by atoms with Crippen LogP contribution in [0.4, 0.5) is 4.79 Å². The topological polar surface area (TPSA) is 67.9 Å². The van der Waals surface area contributed by atoms with Crippen LogP contribution < -0.4 is 5.32 Å². The minimum absolute atomic E-state index is 0.324. The van der Waals surface area contributed by atoms with Gasteiger partial charge >= 0.3 is 12.1 Å². The first kappa shape index (κ1) is 19.7. The fraction of sp³-hybridized carbons (Fsp3) is 0.867. The zero-order valence-corrected chi connectivity index (χ0v) is 14.6. The normalized spacial score (nSPS) is 13.5. The van der Waals surface area contributed by atoms with Crippen LogP contribution in [0.2, 0.25) is 0 Å². The van der Waals surface area contributed by atoms with E-state index in [-0.39, 0.29) is 17.6 Å². The van der Waals surface area contributed by atoms with Crippen molar-refractivity contribution in [2.45, 2.75) is 65.6 Å². The molecule has 0 saturated heterocycles. The first-order valence-corrected chi connectivity index (χ1v) is 7.20. The molecule has 0 aliphatic carbocycles. The number of carbonyl (C=O) groups excluding carboxylic acids is 2. The van der Waals surface area contributed by atoms with Crippen molar-refractivity contribution in [2.24, 2.45) is 0 Å². The van der Waals surface area contributed by atoms with E-state index in [1.807, 2.05) is 41.5 Å². The molecule has 1 atom stereocenters. The molecule has 0 radical (unpaired) electrons. The molecule has 1 amide bonds. The second-order valence-corrected chi connectivity index (χ2v) is 7.00. The first-order chi connectivity index (χ1) is 9.38. The molecule has 0 saturated carbocycles. The van der Waals surface area contributed by atoms with E-state index < -0.39 is 11.6 Å². The lowest BCUT2D eigenvalue weighted by atomic mass is 10.1. The van der Waals surface area contributed by atoms with Gasteiger partial charge < -0.3 is 19.7 Å². The fourth-order valence-electron chi connectivity index (χ4n) is 1.67. The summed E-state index contributed by atoms with van der Waals surface area (Å²) in [6, 6.07) is -0.407. The third-order valence-corrected chi connectivity index (χ3v) is 2.76. The predicted octanol–water partition coefficient (Wildman–Crippen LogP) is 2.17. The summed E-state index contributed by atoms with van der Waals surface area (Å²) in [4.78, 5) is 25.2. The Morgan fingerprint density at radius 1 is 1.14 bits per heavy atom. The van der Waals surface area contributed by atoms with Crippen molar-refractivity contribution in [1.82, 2.24) is 10.2 Å². The van der Waals surface area contributed by atoms with Gasteiger partial charge in [0.2, 0.25) is 0 Å². The summed E-state index contributed by atoms with van der Waals surface area (Å²) in [5.41, 5.74) is -0.897. The maximum atomic E-state index is 12.3. The Labute approximate surface area is 128 Å². The van der Waals surface area contributed by atoms with Crippen molar-refractivity contribution >= 4 is 12.1 Å². The Morgan fingerprint density at radius 2 is 1.67 bits per heavy atom. The average Bonchev–Trinajstić information content (AvgIpc) is 2.29. The molecule has 124 valence electrons. The van der Waals surface area contributed by atoms with Gasteiger partial charge in [0.05, 0.1) is 7.11 Å². The lowest BCUT2D eigenvalue weighted by Gasteiger charge is -2.37. The summed E-state index contributed by atoms with van der Waals surface area (Å²) < 4.78 is 10.1. The van der Waals surface area contributed by atoms with Crippen LogP contribution in [0.15, 0.2) is 0 Å². The summed E-state index contributed by atoms with van der Waals surface area (Å²) in [5.74, 6) is -0.324. The molecule has 0 aliphatic rings. The molecule has 21 heavy (non-hydrogen) atoms. The molecule has 0 aromatic heterocycles. The van der Waals surface area contributed by atoms with Gasteiger partial charge in [-0.2, -0.15) is 0 Å². The average molecular weight is 302 g/mol. The van der Waals surface area contributed by atoms with E-state index in [0.29, 0.717) is 13.1 Å². The first-order valence-electron chi connectivity index (χ1n) is 7.20. The number of nitrogens with zero attached hydrogens (tertiary/aromatic N) is 1. The monoisotopic (exact) mass is 302 g/mol. The molecule has 0 aromatic carbocycles. The lowest BCUT2D eigenvalue weighted by Crippen LogP contribution is -2.51. The largest absolute Gasteiger partial charge is 0.468 e. The molecule has 1 N–H and O–H groups in total. The van der Waals surface area contributed by atoms with Gasteiger partial charge in [-0.3, -0.25) is 4.79 Å². The molecule has 0 aromatic rings. The zero-order valence-electron chi connectivity index (χ0n) is 14.6. The van der Waals surface area contributed by atoms with Crippen LogP contribution in [-0.4, -0.2) is 54.3 Å². The Balaban J connectivity index is 4.60. The summed E-state index contributed by atoms with van der Waals surface area (Å²) in [7, 11) is 1.35. The quantitative estimate of drug-likeness (QED) is 0.788. The Kier molecular flexibility index (Phi) is 7.16. The number of carbonyl (C=O) groups is 2. The minimum atomic E-state index is -0.534. The van der Waals surface area contributed by atoms with Gasteiger partial charge in [-0.1, -0.05) is 0 Å². The van der Waals surface area contributed by atoms with Crippen LogP contribution in [0.25, 0.3) is 0 Å². The van der Waals surface area contributed by atoms with Gasteiger partial charge in [-0.25, -0.2) is 4.79 Å². The molecule has 0 spiro atoms. The van der Waals surface area contributed by atoms with Gasteiger partial charge in [0.15, 0.2) is 0 Å². The molecule has 0 fully saturated rings. The van der Waals surface area contributed by atoms with E-state index >= 15 is 0 Å². The summed E-state index contributed by atoms with van der Waals surface area (Å²) in [6.45, 7) is 14.0. The second kappa shape index (κ2) is 7.64. The van der Waals surface area contributed by atoms with Gasteiger partial charge in [0, 0.05) is 18.6 Å². The zero-order chi connectivity index (χ0) is 16.8. The Bertz CT molecular complexity index is 356. The van der Waals surface area contributed by atoms with Crippen LogP contribution in [0, 0.1) is 0 Å². The Morgan fingerprint density at radius 3 is 2.05 bits per heavy atom. The highest BCUT2D eigenvalue weighted by Crippen LogP contribution is 2.17. The molecule has 0 bridgehead atoms. The number of rotatable bonds is 5. The summed E-state index contributed by atoms with van der Waals surface area (Å²) in [6.07, 6.45) is -0.359. The van der Waals surface area contributed by atoms with E-state index in [0.717, 1.165) is 0 Å². The maximum Gasteiger partial charge on any atom is 0.410 e. The van der Waals surface area contributed by atoms with Crippen molar-refractivity contribution in [3.05, 3.63) is 0 Å². The smallest absolute Gasteiger partial charge is 0.410 e. The summed E-state index contributed by atoms with van der Waals surface area (Å²) in [5, 5.41) is 3.03. The number of hydrogen-bond acceptors (Lipinski definition) is 5. The van der Waals surface area contributed by atoms with E-state index in [1.54, 1.807) is 11.8 Å². The standard InChI is InChI=1S/C15H30N2O4/c1-11(12(18)20-8)16-9-10-17(14(2,3)4)13(19)21-15(5,6)7/h11,16H,9-10H2,1-8H3. The number of hydrogen-bond donors (Lipinski definition) is 1. The van der Waals surface area contributed by atoms with Crippen LogP contribution in [0.5, 0.6) is 0 Å². The number of nitrogens with one attached hydrogen (secondary N) is 1. The highest BCUT2D eigenvalue weighted by atomic mass is 16.6. The van der Waals surface area contributed by atoms with Gasteiger partial charge in [0.25, 0.3) is 0 Å². The van der Waals surface area contributed by atoms with Crippen molar-refractivity contribution < 1.29 is 19.1 Å².